The minimum Gasteiger partial charge on any atom is -0.491 e. The number of hydrogen-bond donors (Lipinski definition) is 1. The Kier molecular flexibility index (Phi) is 7.60. The Labute approximate surface area is 129 Å². The van der Waals surface area contributed by atoms with E-state index in [1.54, 1.807) is 0 Å². The summed E-state index contributed by atoms with van der Waals surface area (Å²) in [6, 6.07) is 9.71. The number of benzene rings is 1. The molecule has 1 N–H and O–H groups in total. The van der Waals surface area contributed by atoms with Crippen LogP contribution in [0.5, 0.6) is 5.75 Å². The second-order valence-corrected chi connectivity index (χ2v) is 5.72. The second-order valence-electron chi connectivity index (χ2n) is 4.80. The van der Waals surface area contributed by atoms with Gasteiger partial charge in [-0.2, -0.15) is 5.26 Å². The number of aliphatic hydroxyl groups is 1. The van der Waals surface area contributed by atoms with Crippen LogP contribution >= 0.6 is 15.9 Å². The molecule has 0 aromatic heterocycles. The molecule has 0 saturated heterocycles. The highest BCUT2D eigenvalue weighted by molar-refractivity contribution is 9.10. The predicted molar refractivity (Wildman–Crippen MR) is 82.5 cm³/mol. The van der Waals surface area contributed by atoms with Gasteiger partial charge in [-0.05, 0) is 37.7 Å². The van der Waals surface area contributed by atoms with Crippen molar-refractivity contribution in [2.45, 2.75) is 20.0 Å². The SMILES string of the molecule is CCN(CC(C)C#N)CC(O)COc1ccc(Br)cc1. The number of aliphatic hydroxyl groups excluding tert-OH is 1. The quantitative estimate of drug-likeness (QED) is 0.790. The van der Waals surface area contributed by atoms with Gasteiger partial charge in [0.1, 0.15) is 18.5 Å². The third kappa shape index (κ3) is 6.38. The van der Waals surface area contributed by atoms with E-state index >= 15 is 0 Å². The summed E-state index contributed by atoms with van der Waals surface area (Å²) in [5.41, 5.74) is 0. The third-order valence-corrected chi connectivity index (χ3v) is 3.45. The van der Waals surface area contributed by atoms with E-state index in [0.29, 0.717) is 13.1 Å². The summed E-state index contributed by atoms with van der Waals surface area (Å²) < 4.78 is 6.53. The maximum atomic E-state index is 9.99. The Morgan fingerprint density at radius 3 is 2.55 bits per heavy atom. The lowest BCUT2D eigenvalue weighted by atomic mass is 10.2. The van der Waals surface area contributed by atoms with Crippen LogP contribution in [-0.4, -0.2) is 42.4 Å². The van der Waals surface area contributed by atoms with Gasteiger partial charge >= 0.3 is 0 Å². The van der Waals surface area contributed by atoms with E-state index in [1.165, 1.54) is 0 Å². The summed E-state index contributed by atoms with van der Waals surface area (Å²) in [7, 11) is 0. The molecule has 110 valence electrons. The number of rotatable bonds is 8. The molecule has 0 heterocycles. The van der Waals surface area contributed by atoms with E-state index in [-0.39, 0.29) is 12.5 Å². The molecular weight excluding hydrogens is 320 g/mol. The number of nitrogens with zero attached hydrogens (tertiary/aromatic N) is 2. The summed E-state index contributed by atoms with van der Waals surface area (Å²) >= 11 is 3.36. The van der Waals surface area contributed by atoms with Gasteiger partial charge in [-0.25, -0.2) is 0 Å². The van der Waals surface area contributed by atoms with E-state index in [4.69, 9.17) is 10.00 Å². The van der Waals surface area contributed by atoms with Crippen LogP contribution in [0.1, 0.15) is 13.8 Å². The first-order valence-corrected chi connectivity index (χ1v) is 7.52. The fourth-order valence-electron chi connectivity index (χ4n) is 1.83. The average Bonchev–Trinajstić information content (AvgIpc) is 2.45. The van der Waals surface area contributed by atoms with Crippen molar-refractivity contribution in [3.63, 3.8) is 0 Å². The van der Waals surface area contributed by atoms with Gasteiger partial charge in [0, 0.05) is 17.6 Å². The maximum absolute atomic E-state index is 9.99. The van der Waals surface area contributed by atoms with Gasteiger partial charge in [-0.15, -0.1) is 0 Å². The average molecular weight is 341 g/mol. The number of ether oxygens (including phenoxy) is 1. The number of nitriles is 1. The highest BCUT2D eigenvalue weighted by Gasteiger charge is 2.13. The van der Waals surface area contributed by atoms with Crippen molar-refractivity contribution in [1.29, 1.82) is 5.26 Å². The fourth-order valence-corrected chi connectivity index (χ4v) is 2.10. The molecule has 0 amide bonds. The van der Waals surface area contributed by atoms with Crippen LogP contribution in [0.4, 0.5) is 0 Å². The number of likely N-dealkylation sites (N-methyl/N-ethyl adjacent to an activating group) is 1. The first kappa shape index (κ1) is 17.0. The van der Waals surface area contributed by atoms with Crippen LogP contribution in [0.25, 0.3) is 0 Å². The van der Waals surface area contributed by atoms with Crippen LogP contribution < -0.4 is 4.74 Å². The third-order valence-electron chi connectivity index (χ3n) is 2.92. The van der Waals surface area contributed by atoms with Crippen molar-refractivity contribution >= 4 is 15.9 Å². The van der Waals surface area contributed by atoms with E-state index in [9.17, 15) is 5.11 Å². The van der Waals surface area contributed by atoms with Crippen molar-refractivity contribution in [3.05, 3.63) is 28.7 Å². The highest BCUT2D eigenvalue weighted by atomic mass is 79.9. The van der Waals surface area contributed by atoms with Crippen molar-refractivity contribution in [2.75, 3.05) is 26.2 Å². The molecule has 1 rings (SSSR count). The van der Waals surface area contributed by atoms with Crippen LogP contribution in [0, 0.1) is 17.2 Å². The summed E-state index contributed by atoms with van der Waals surface area (Å²) in [5.74, 6) is 0.704. The van der Waals surface area contributed by atoms with Gasteiger partial charge in [0.05, 0.1) is 12.0 Å². The summed E-state index contributed by atoms with van der Waals surface area (Å²) in [4.78, 5) is 2.06. The van der Waals surface area contributed by atoms with Gasteiger partial charge in [0.25, 0.3) is 0 Å². The molecule has 0 aliphatic carbocycles. The van der Waals surface area contributed by atoms with Crippen molar-refractivity contribution in [1.82, 2.24) is 4.90 Å². The molecule has 1 aromatic carbocycles. The van der Waals surface area contributed by atoms with Crippen LogP contribution in [0.15, 0.2) is 28.7 Å². The second kappa shape index (κ2) is 8.96. The largest absolute Gasteiger partial charge is 0.491 e. The first-order valence-electron chi connectivity index (χ1n) is 6.73. The van der Waals surface area contributed by atoms with Crippen LogP contribution in [0.2, 0.25) is 0 Å². The van der Waals surface area contributed by atoms with Crippen LogP contribution in [0.3, 0.4) is 0 Å². The lowest BCUT2D eigenvalue weighted by molar-refractivity contribution is 0.0675. The molecule has 1 aromatic rings. The minimum atomic E-state index is -0.565. The predicted octanol–water partition coefficient (Wildman–Crippen LogP) is 2.67. The van der Waals surface area contributed by atoms with E-state index < -0.39 is 6.10 Å². The van der Waals surface area contributed by atoms with Crippen molar-refractivity contribution in [3.8, 4) is 11.8 Å². The minimum absolute atomic E-state index is 0.0328. The van der Waals surface area contributed by atoms with Crippen LogP contribution in [-0.2, 0) is 0 Å². The zero-order valence-electron chi connectivity index (χ0n) is 11.9. The molecule has 2 unspecified atom stereocenters. The first-order chi connectivity index (χ1) is 9.55. The fraction of sp³-hybridized carbons (Fsp3) is 0.533. The molecular formula is C15H21BrN2O2. The maximum Gasteiger partial charge on any atom is 0.119 e. The summed E-state index contributed by atoms with van der Waals surface area (Å²) in [6.07, 6.45) is -0.565. The molecule has 0 aliphatic heterocycles. The zero-order valence-corrected chi connectivity index (χ0v) is 13.5. The smallest absolute Gasteiger partial charge is 0.119 e. The lowest BCUT2D eigenvalue weighted by Gasteiger charge is -2.24. The van der Waals surface area contributed by atoms with Gasteiger partial charge in [0.15, 0.2) is 0 Å². The Morgan fingerprint density at radius 1 is 1.35 bits per heavy atom. The lowest BCUT2D eigenvalue weighted by Crippen LogP contribution is -2.37. The number of halogens is 1. The molecule has 0 aliphatic rings. The van der Waals surface area contributed by atoms with E-state index in [2.05, 4.69) is 26.9 Å². The highest BCUT2D eigenvalue weighted by Crippen LogP contribution is 2.16. The van der Waals surface area contributed by atoms with Crippen molar-refractivity contribution in [2.24, 2.45) is 5.92 Å². The molecule has 5 heteroatoms. The monoisotopic (exact) mass is 340 g/mol. The molecule has 0 saturated carbocycles. The molecule has 0 radical (unpaired) electrons. The van der Waals surface area contributed by atoms with Gasteiger partial charge in [-0.3, -0.25) is 4.90 Å². The Bertz CT molecular complexity index is 430. The number of hydrogen-bond acceptors (Lipinski definition) is 4. The summed E-state index contributed by atoms with van der Waals surface area (Å²) in [5, 5.41) is 18.8. The summed E-state index contributed by atoms with van der Waals surface area (Å²) in [6.45, 7) is 6.14. The Hall–Kier alpha value is -1.09. The normalized spacial score (nSPS) is 13.8. The zero-order chi connectivity index (χ0) is 15.0. The van der Waals surface area contributed by atoms with E-state index in [1.807, 2.05) is 38.1 Å². The molecule has 4 nitrogen and oxygen atoms in total. The standard InChI is InChI=1S/C15H21BrN2O2/c1-3-18(9-12(2)8-17)10-14(19)11-20-15-6-4-13(16)5-7-15/h4-7,12,14,19H,3,9-11H2,1-2H3. The Balaban J connectivity index is 2.36. The molecule has 20 heavy (non-hydrogen) atoms. The topological polar surface area (TPSA) is 56.5 Å². The van der Waals surface area contributed by atoms with E-state index in [0.717, 1.165) is 16.8 Å². The van der Waals surface area contributed by atoms with Gasteiger partial charge < -0.3 is 9.84 Å². The molecule has 2 atom stereocenters. The van der Waals surface area contributed by atoms with Gasteiger partial charge in [-0.1, -0.05) is 22.9 Å². The van der Waals surface area contributed by atoms with Crippen molar-refractivity contribution < 1.29 is 9.84 Å². The Morgan fingerprint density at radius 2 is 2.00 bits per heavy atom. The van der Waals surface area contributed by atoms with Gasteiger partial charge in [0.2, 0.25) is 0 Å². The molecule has 0 bridgehead atoms. The molecule has 0 fully saturated rings. The molecule has 0 spiro atoms.